The van der Waals surface area contributed by atoms with E-state index in [0.29, 0.717) is 24.4 Å². The number of anilines is 1. The molecule has 6 heteroatoms. The number of hydrogen-bond acceptors (Lipinski definition) is 5. The summed E-state index contributed by atoms with van der Waals surface area (Å²) < 4.78 is 5.83. The maximum atomic E-state index is 12.8. The summed E-state index contributed by atoms with van der Waals surface area (Å²) in [6.07, 6.45) is 3.21. The minimum Gasteiger partial charge on any atom is -0.423 e. The summed E-state index contributed by atoms with van der Waals surface area (Å²) in [5, 5.41) is 0. The van der Waals surface area contributed by atoms with Crippen LogP contribution in [0.3, 0.4) is 0 Å². The molecule has 6 nitrogen and oxygen atoms in total. The minimum absolute atomic E-state index is 0.130. The van der Waals surface area contributed by atoms with Crippen LogP contribution < -0.4 is 10.6 Å². The molecule has 0 bridgehead atoms. The van der Waals surface area contributed by atoms with E-state index < -0.39 is 0 Å². The third kappa shape index (κ3) is 2.75. The number of hydrogen-bond donors (Lipinski definition) is 1. The third-order valence-corrected chi connectivity index (χ3v) is 5.42. The number of nitrogens with zero attached hydrogens (tertiary/aromatic N) is 3. The van der Waals surface area contributed by atoms with E-state index in [9.17, 15) is 4.79 Å². The van der Waals surface area contributed by atoms with Gasteiger partial charge in [0, 0.05) is 32.1 Å². The molecule has 1 aromatic heterocycles. The van der Waals surface area contributed by atoms with E-state index in [2.05, 4.69) is 9.88 Å². The number of aromatic nitrogens is 1. The molecule has 1 aliphatic heterocycles. The van der Waals surface area contributed by atoms with Gasteiger partial charge in [-0.3, -0.25) is 4.79 Å². The zero-order chi connectivity index (χ0) is 16.5. The fourth-order valence-electron chi connectivity index (χ4n) is 3.99. The number of carbonyl (C=O) groups excluding carboxylic acids is 1. The second-order valence-corrected chi connectivity index (χ2v) is 6.81. The summed E-state index contributed by atoms with van der Waals surface area (Å²) in [7, 11) is 0. The number of piperazine rings is 1. The standard InChI is InChI=1S/C18H24N4O2/c19-12-13-4-3-5-14(13)17(23)21-8-10-22(11-9-21)18-20-15-6-1-2-7-16(15)24-18/h1-2,6-7,13-14H,3-5,8-12,19H2/t13-,14-/m1/s1. The van der Waals surface area contributed by atoms with Crippen molar-refractivity contribution < 1.29 is 9.21 Å². The van der Waals surface area contributed by atoms with Gasteiger partial charge >= 0.3 is 0 Å². The van der Waals surface area contributed by atoms with Crippen LogP contribution >= 0.6 is 0 Å². The van der Waals surface area contributed by atoms with Gasteiger partial charge in [0.05, 0.1) is 0 Å². The summed E-state index contributed by atoms with van der Waals surface area (Å²) in [5.41, 5.74) is 7.51. The number of oxazole rings is 1. The van der Waals surface area contributed by atoms with Crippen molar-refractivity contribution in [1.29, 1.82) is 0 Å². The number of rotatable bonds is 3. The second-order valence-electron chi connectivity index (χ2n) is 6.81. The summed E-state index contributed by atoms with van der Waals surface area (Å²) >= 11 is 0. The van der Waals surface area contributed by atoms with Crippen molar-refractivity contribution in [3.8, 4) is 0 Å². The molecular formula is C18H24N4O2. The molecule has 1 saturated carbocycles. The molecule has 2 atom stereocenters. The number of amides is 1. The summed E-state index contributed by atoms with van der Waals surface area (Å²) in [4.78, 5) is 21.4. The van der Waals surface area contributed by atoms with Crippen molar-refractivity contribution in [2.75, 3.05) is 37.6 Å². The molecular weight excluding hydrogens is 304 g/mol. The smallest absolute Gasteiger partial charge is 0.298 e. The maximum absolute atomic E-state index is 12.8. The number of para-hydroxylation sites is 2. The number of nitrogens with two attached hydrogens (primary N) is 1. The highest BCUT2D eigenvalue weighted by Crippen LogP contribution is 2.33. The van der Waals surface area contributed by atoms with Gasteiger partial charge in [0.25, 0.3) is 6.01 Å². The van der Waals surface area contributed by atoms with Crippen molar-refractivity contribution in [2.45, 2.75) is 19.3 Å². The topological polar surface area (TPSA) is 75.6 Å². The Labute approximate surface area is 141 Å². The van der Waals surface area contributed by atoms with Gasteiger partial charge in [-0.2, -0.15) is 4.98 Å². The molecule has 2 aliphatic rings. The van der Waals surface area contributed by atoms with Gasteiger partial charge in [0.2, 0.25) is 5.91 Å². The van der Waals surface area contributed by atoms with Crippen LogP contribution in [0.25, 0.3) is 11.1 Å². The first-order valence-electron chi connectivity index (χ1n) is 8.85. The summed E-state index contributed by atoms with van der Waals surface area (Å²) in [6, 6.07) is 8.45. The van der Waals surface area contributed by atoms with Crippen molar-refractivity contribution in [2.24, 2.45) is 17.6 Å². The molecule has 128 valence electrons. The lowest BCUT2D eigenvalue weighted by Gasteiger charge is -2.36. The Hall–Kier alpha value is -2.08. The zero-order valence-corrected chi connectivity index (χ0v) is 13.9. The molecule has 2 fully saturated rings. The SMILES string of the molecule is NC[C@H]1CCC[C@H]1C(=O)N1CCN(c2nc3ccccc3o2)CC1. The van der Waals surface area contributed by atoms with Gasteiger partial charge in [0.15, 0.2) is 5.58 Å². The number of benzene rings is 1. The van der Waals surface area contributed by atoms with E-state index in [1.807, 2.05) is 29.2 Å². The highest BCUT2D eigenvalue weighted by Gasteiger charge is 2.36. The molecule has 0 unspecified atom stereocenters. The Morgan fingerprint density at radius 2 is 2.00 bits per heavy atom. The van der Waals surface area contributed by atoms with E-state index in [-0.39, 0.29) is 5.92 Å². The lowest BCUT2D eigenvalue weighted by molar-refractivity contribution is -0.136. The average molecular weight is 328 g/mol. The van der Waals surface area contributed by atoms with Gasteiger partial charge in [0.1, 0.15) is 5.52 Å². The Morgan fingerprint density at radius 3 is 2.75 bits per heavy atom. The van der Waals surface area contributed by atoms with Crippen molar-refractivity contribution >= 4 is 23.0 Å². The minimum atomic E-state index is 0.130. The molecule has 4 rings (SSSR count). The van der Waals surface area contributed by atoms with Crippen LogP contribution in [0.5, 0.6) is 0 Å². The van der Waals surface area contributed by atoms with E-state index in [1.54, 1.807) is 0 Å². The van der Waals surface area contributed by atoms with Crippen LogP contribution in [-0.2, 0) is 4.79 Å². The van der Waals surface area contributed by atoms with E-state index in [4.69, 9.17) is 10.2 Å². The average Bonchev–Trinajstić information content (AvgIpc) is 3.27. The quantitative estimate of drug-likeness (QED) is 0.930. The largest absolute Gasteiger partial charge is 0.423 e. The molecule has 0 radical (unpaired) electrons. The first-order valence-corrected chi connectivity index (χ1v) is 8.85. The van der Waals surface area contributed by atoms with Crippen LogP contribution in [-0.4, -0.2) is 48.5 Å². The fraction of sp³-hybridized carbons (Fsp3) is 0.556. The maximum Gasteiger partial charge on any atom is 0.298 e. The highest BCUT2D eigenvalue weighted by molar-refractivity contribution is 5.80. The normalized spacial score (nSPS) is 24.7. The van der Waals surface area contributed by atoms with Gasteiger partial charge in [-0.05, 0) is 37.4 Å². The van der Waals surface area contributed by atoms with E-state index in [0.717, 1.165) is 56.5 Å². The molecule has 2 N–H and O–H groups in total. The van der Waals surface area contributed by atoms with Crippen LogP contribution in [0.15, 0.2) is 28.7 Å². The zero-order valence-electron chi connectivity index (χ0n) is 13.9. The van der Waals surface area contributed by atoms with Crippen molar-refractivity contribution in [3.05, 3.63) is 24.3 Å². The molecule has 1 saturated heterocycles. The Kier molecular flexibility index (Phi) is 4.14. The van der Waals surface area contributed by atoms with Crippen molar-refractivity contribution in [1.82, 2.24) is 9.88 Å². The predicted octanol–water partition coefficient (Wildman–Crippen LogP) is 1.85. The van der Waals surface area contributed by atoms with Crippen LogP contribution in [0.2, 0.25) is 0 Å². The van der Waals surface area contributed by atoms with E-state index in [1.165, 1.54) is 0 Å². The van der Waals surface area contributed by atoms with Crippen LogP contribution in [0, 0.1) is 11.8 Å². The van der Waals surface area contributed by atoms with Crippen LogP contribution in [0.4, 0.5) is 6.01 Å². The lowest BCUT2D eigenvalue weighted by atomic mass is 9.94. The first-order chi connectivity index (χ1) is 11.8. The van der Waals surface area contributed by atoms with E-state index >= 15 is 0 Å². The fourth-order valence-corrected chi connectivity index (χ4v) is 3.99. The molecule has 2 heterocycles. The highest BCUT2D eigenvalue weighted by atomic mass is 16.4. The molecule has 0 spiro atoms. The molecule has 24 heavy (non-hydrogen) atoms. The van der Waals surface area contributed by atoms with Gasteiger partial charge in [-0.1, -0.05) is 18.6 Å². The first kappa shape index (κ1) is 15.4. The van der Waals surface area contributed by atoms with Gasteiger partial charge < -0.3 is 20.0 Å². The molecule has 2 aromatic rings. The number of fused-ring (bicyclic) bond motifs is 1. The van der Waals surface area contributed by atoms with Gasteiger partial charge in [-0.15, -0.1) is 0 Å². The summed E-state index contributed by atoms with van der Waals surface area (Å²) in [5.74, 6) is 0.790. The van der Waals surface area contributed by atoms with Crippen LogP contribution in [0.1, 0.15) is 19.3 Å². The predicted molar refractivity (Wildman–Crippen MR) is 92.7 cm³/mol. The Balaban J connectivity index is 1.40. The Bertz CT molecular complexity index is 688. The lowest BCUT2D eigenvalue weighted by Crippen LogP contribution is -2.51. The summed E-state index contributed by atoms with van der Waals surface area (Å²) in [6.45, 7) is 3.60. The second kappa shape index (κ2) is 6.43. The van der Waals surface area contributed by atoms with Crippen molar-refractivity contribution in [3.63, 3.8) is 0 Å². The molecule has 1 amide bonds. The third-order valence-electron chi connectivity index (χ3n) is 5.42. The van der Waals surface area contributed by atoms with Gasteiger partial charge in [-0.25, -0.2) is 0 Å². The monoisotopic (exact) mass is 328 g/mol. The number of carbonyl (C=O) groups is 1. The molecule has 1 aliphatic carbocycles. The Morgan fingerprint density at radius 1 is 1.21 bits per heavy atom. The molecule has 1 aromatic carbocycles.